The molecule has 0 unspecified atom stereocenters. The average Bonchev–Trinajstić information content (AvgIpc) is 2.35. The molecule has 110 valence electrons. The first-order valence-corrected chi connectivity index (χ1v) is 5.78. The Kier molecular flexibility index (Phi) is 5.32. The lowest BCUT2D eigenvalue weighted by molar-refractivity contribution is -0.138. The third-order valence-electron chi connectivity index (χ3n) is 2.20. The summed E-state index contributed by atoms with van der Waals surface area (Å²) in [6.45, 7) is -1.96. The molecule has 1 heterocycles. The van der Waals surface area contributed by atoms with Crippen molar-refractivity contribution in [1.82, 2.24) is 15.2 Å². The van der Waals surface area contributed by atoms with Crippen molar-refractivity contribution in [2.24, 2.45) is 0 Å². The Hall–Kier alpha value is -1.83. The van der Waals surface area contributed by atoms with Crippen LogP contribution in [0.25, 0.3) is 0 Å². The summed E-state index contributed by atoms with van der Waals surface area (Å²) in [5.41, 5.74) is 0.0697. The van der Waals surface area contributed by atoms with Crippen LogP contribution in [0.15, 0.2) is 18.3 Å². The zero-order valence-corrected chi connectivity index (χ0v) is 11.1. The van der Waals surface area contributed by atoms with Crippen molar-refractivity contribution in [2.45, 2.75) is 6.18 Å². The second kappa shape index (κ2) is 6.56. The Morgan fingerprint density at radius 2 is 2.10 bits per heavy atom. The van der Waals surface area contributed by atoms with E-state index in [1.165, 1.54) is 25.4 Å². The van der Waals surface area contributed by atoms with Crippen LogP contribution in [-0.2, 0) is 4.79 Å². The molecule has 2 amide bonds. The molecule has 0 bridgehead atoms. The lowest BCUT2D eigenvalue weighted by Gasteiger charge is -2.17. The van der Waals surface area contributed by atoms with Crippen molar-refractivity contribution < 1.29 is 22.8 Å². The number of aromatic nitrogens is 1. The molecule has 0 spiro atoms. The van der Waals surface area contributed by atoms with Crippen molar-refractivity contribution in [3.8, 4) is 0 Å². The van der Waals surface area contributed by atoms with Crippen LogP contribution < -0.4 is 5.32 Å². The van der Waals surface area contributed by atoms with Gasteiger partial charge in [0.25, 0.3) is 5.91 Å². The van der Waals surface area contributed by atoms with Gasteiger partial charge in [0, 0.05) is 13.2 Å². The van der Waals surface area contributed by atoms with Gasteiger partial charge in [-0.2, -0.15) is 13.2 Å². The zero-order valence-electron chi connectivity index (χ0n) is 10.4. The highest BCUT2D eigenvalue weighted by molar-refractivity contribution is 6.32. The molecule has 1 aromatic heterocycles. The molecule has 9 heteroatoms. The van der Waals surface area contributed by atoms with E-state index in [4.69, 9.17) is 11.6 Å². The first-order chi connectivity index (χ1) is 9.20. The summed E-state index contributed by atoms with van der Waals surface area (Å²) in [6, 6.07) is 2.89. The first kappa shape index (κ1) is 16.2. The Balaban J connectivity index is 2.59. The number of likely N-dealkylation sites (N-methyl/N-ethyl adjacent to an activating group) is 1. The topological polar surface area (TPSA) is 62.3 Å². The van der Waals surface area contributed by atoms with Crippen molar-refractivity contribution in [2.75, 3.05) is 20.1 Å². The van der Waals surface area contributed by atoms with Gasteiger partial charge in [-0.05, 0) is 12.1 Å². The predicted octanol–water partition coefficient (Wildman–Crippen LogP) is 1.49. The molecule has 0 fully saturated rings. The van der Waals surface area contributed by atoms with Gasteiger partial charge in [-0.3, -0.25) is 9.59 Å². The van der Waals surface area contributed by atoms with E-state index in [0.29, 0.717) is 0 Å². The maximum absolute atomic E-state index is 11.9. The zero-order chi connectivity index (χ0) is 15.3. The highest BCUT2D eigenvalue weighted by Gasteiger charge is 2.28. The monoisotopic (exact) mass is 309 g/mol. The summed E-state index contributed by atoms with van der Waals surface area (Å²) < 4.78 is 35.7. The van der Waals surface area contributed by atoms with Crippen LogP contribution in [0.3, 0.4) is 0 Å². The summed E-state index contributed by atoms with van der Waals surface area (Å²) >= 11 is 5.71. The maximum atomic E-state index is 11.9. The molecule has 0 aliphatic rings. The number of alkyl halides is 3. The number of carbonyl (C=O) groups excluding carboxylic acids is 2. The lowest BCUT2D eigenvalue weighted by Crippen LogP contribution is -2.41. The van der Waals surface area contributed by atoms with Crippen LogP contribution in [0.2, 0.25) is 5.15 Å². The molecule has 5 nitrogen and oxygen atoms in total. The highest BCUT2D eigenvalue weighted by atomic mass is 35.5. The van der Waals surface area contributed by atoms with Crippen LogP contribution >= 0.6 is 11.6 Å². The van der Waals surface area contributed by atoms with E-state index in [1.54, 1.807) is 5.32 Å². The van der Waals surface area contributed by atoms with E-state index in [-0.39, 0.29) is 10.7 Å². The predicted molar refractivity (Wildman–Crippen MR) is 65.3 cm³/mol. The maximum Gasteiger partial charge on any atom is 0.405 e. The van der Waals surface area contributed by atoms with Gasteiger partial charge in [0.1, 0.15) is 11.7 Å². The number of hydrogen-bond acceptors (Lipinski definition) is 3. The molecule has 1 aromatic rings. The Morgan fingerprint density at radius 1 is 1.45 bits per heavy atom. The number of carbonyl (C=O) groups is 2. The number of halogens is 4. The Labute approximate surface area is 117 Å². The van der Waals surface area contributed by atoms with Gasteiger partial charge in [-0.1, -0.05) is 11.6 Å². The fourth-order valence-corrected chi connectivity index (χ4v) is 1.49. The van der Waals surface area contributed by atoms with E-state index in [1.807, 2.05) is 0 Å². The number of amides is 2. The first-order valence-electron chi connectivity index (χ1n) is 5.40. The summed E-state index contributed by atoms with van der Waals surface area (Å²) in [5, 5.41) is 1.63. The molecule has 20 heavy (non-hydrogen) atoms. The van der Waals surface area contributed by atoms with Crippen molar-refractivity contribution in [3.05, 3.63) is 29.0 Å². The van der Waals surface area contributed by atoms with E-state index in [2.05, 4.69) is 4.98 Å². The third-order valence-corrected chi connectivity index (χ3v) is 2.50. The lowest BCUT2D eigenvalue weighted by atomic mass is 10.2. The van der Waals surface area contributed by atoms with E-state index >= 15 is 0 Å². The molecule has 0 saturated carbocycles. The van der Waals surface area contributed by atoms with Gasteiger partial charge in [-0.25, -0.2) is 4.98 Å². The van der Waals surface area contributed by atoms with Gasteiger partial charge >= 0.3 is 6.18 Å². The molecule has 0 saturated heterocycles. The molecule has 1 rings (SSSR count). The Morgan fingerprint density at radius 3 is 2.65 bits per heavy atom. The molecule has 0 atom stereocenters. The number of pyridine rings is 1. The van der Waals surface area contributed by atoms with E-state index in [0.717, 1.165) is 4.90 Å². The van der Waals surface area contributed by atoms with Crippen LogP contribution in [-0.4, -0.2) is 48.0 Å². The standard InChI is InChI=1S/C11H11ClF3N3O2/c1-18(5-8(19)17-6-11(13,14)15)10(20)7-3-2-4-16-9(7)12/h2-4H,5-6H2,1H3,(H,17,19). The largest absolute Gasteiger partial charge is 0.405 e. The van der Waals surface area contributed by atoms with Crippen LogP contribution in [0.1, 0.15) is 10.4 Å². The van der Waals surface area contributed by atoms with Crippen molar-refractivity contribution >= 4 is 23.4 Å². The fourth-order valence-electron chi connectivity index (χ4n) is 1.29. The summed E-state index contributed by atoms with van der Waals surface area (Å²) in [6.07, 6.45) is -3.11. The Bertz CT molecular complexity index is 508. The normalized spacial score (nSPS) is 11.1. The molecule has 0 aliphatic heterocycles. The number of rotatable bonds is 4. The minimum absolute atomic E-state index is 0.0416. The average molecular weight is 310 g/mol. The fraction of sp³-hybridized carbons (Fsp3) is 0.364. The molecular weight excluding hydrogens is 299 g/mol. The SMILES string of the molecule is CN(CC(=O)NCC(F)(F)F)C(=O)c1cccnc1Cl. The summed E-state index contributed by atoms with van der Waals surface area (Å²) in [4.78, 5) is 27.8. The third kappa shape index (κ3) is 5.04. The van der Waals surface area contributed by atoms with Crippen molar-refractivity contribution in [3.63, 3.8) is 0 Å². The molecular formula is C11H11ClF3N3O2. The van der Waals surface area contributed by atoms with Crippen LogP contribution in [0, 0.1) is 0 Å². The van der Waals surface area contributed by atoms with Gasteiger partial charge in [0.15, 0.2) is 0 Å². The summed E-state index contributed by atoms with van der Waals surface area (Å²) in [5.74, 6) is -1.52. The minimum Gasteiger partial charge on any atom is -0.345 e. The summed E-state index contributed by atoms with van der Waals surface area (Å²) in [7, 11) is 1.28. The number of nitrogens with one attached hydrogen (secondary N) is 1. The quantitative estimate of drug-likeness (QED) is 0.857. The van der Waals surface area contributed by atoms with Crippen LogP contribution in [0.4, 0.5) is 13.2 Å². The minimum atomic E-state index is -4.50. The number of hydrogen-bond donors (Lipinski definition) is 1. The van der Waals surface area contributed by atoms with Gasteiger partial charge in [0.05, 0.1) is 12.1 Å². The van der Waals surface area contributed by atoms with Gasteiger partial charge in [0.2, 0.25) is 5.91 Å². The van der Waals surface area contributed by atoms with E-state index in [9.17, 15) is 22.8 Å². The highest BCUT2D eigenvalue weighted by Crippen LogP contribution is 2.14. The molecule has 0 aromatic carbocycles. The van der Waals surface area contributed by atoms with Crippen molar-refractivity contribution in [1.29, 1.82) is 0 Å². The smallest absolute Gasteiger partial charge is 0.345 e. The molecule has 0 radical (unpaired) electrons. The van der Waals surface area contributed by atoms with Gasteiger partial charge in [-0.15, -0.1) is 0 Å². The van der Waals surface area contributed by atoms with Gasteiger partial charge < -0.3 is 10.2 Å². The second-order valence-corrected chi connectivity index (χ2v) is 4.25. The number of nitrogens with zero attached hydrogens (tertiary/aromatic N) is 2. The van der Waals surface area contributed by atoms with E-state index < -0.39 is 31.1 Å². The molecule has 0 aliphatic carbocycles. The second-order valence-electron chi connectivity index (χ2n) is 3.89. The van der Waals surface area contributed by atoms with Crippen LogP contribution in [0.5, 0.6) is 0 Å². The molecule has 1 N–H and O–H groups in total.